The summed E-state index contributed by atoms with van der Waals surface area (Å²) in [6.45, 7) is 0. The van der Waals surface area contributed by atoms with Crippen molar-refractivity contribution in [2.45, 2.75) is 11.1 Å². The summed E-state index contributed by atoms with van der Waals surface area (Å²) in [4.78, 5) is 14.3. The lowest BCUT2D eigenvalue weighted by Crippen LogP contribution is -2.14. The SMILES string of the molecule is O=c1cc(OS(=O)(=O)c2ccc(C(F)(F)F)cc2)c2ccc3ccccc3c2[nH]1. The molecule has 0 amide bonds. The topological polar surface area (TPSA) is 76.2 Å². The fraction of sp³-hybridized carbons (Fsp3) is 0.0500. The fourth-order valence-corrected chi connectivity index (χ4v) is 3.95. The van der Waals surface area contributed by atoms with E-state index < -0.39 is 32.3 Å². The van der Waals surface area contributed by atoms with E-state index in [-0.39, 0.29) is 5.75 Å². The third kappa shape index (κ3) is 3.56. The summed E-state index contributed by atoms with van der Waals surface area (Å²) in [7, 11) is -4.46. The zero-order valence-corrected chi connectivity index (χ0v) is 15.3. The van der Waals surface area contributed by atoms with Gasteiger partial charge in [-0.15, -0.1) is 0 Å². The number of H-pyrrole nitrogens is 1. The highest BCUT2D eigenvalue weighted by Gasteiger charge is 2.31. The lowest BCUT2D eigenvalue weighted by molar-refractivity contribution is -0.137. The molecule has 0 atom stereocenters. The van der Waals surface area contributed by atoms with Crippen molar-refractivity contribution >= 4 is 31.8 Å². The first-order valence-corrected chi connectivity index (χ1v) is 9.72. The zero-order chi connectivity index (χ0) is 20.8. The van der Waals surface area contributed by atoms with Crippen LogP contribution < -0.4 is 9.74 Å². The number of alkyl halides is 3. The first kappa shape index (κ1) is 19.0. The number of hydrogen-bond acceptors (Lipinski definition) is 4. The minimum atomic E-state index is -4.59. The van der Waals surface area contributed by atoms with Crippen molar-refractivity contribution in [3.63, 3.8) is 0 Å². The molecule has 3 aromatic carbocycles. The summed E-state index contributed by atoms with van der Waals surface area (Å²) >= 11 is 0. The Bertz CT molecular complexity index is 1390. The molecule has 0 aliphatic carbocycles. The molecule has 0 saturated carbocycles. The number of aromatic amines is 1. The van der Waals surface area contributed by atoms with Crippen molar-refractivity contribution in [2.24, 2.45) is 0 Å². The number of rotatable bonds is 3. The summed E-state index contributed by atoms with van der Waals surface area (Å²) < 4.78 is 68.3. The summed E-state index contributed by atoms with van der Waals surface area (Å²) in [6.07, 6.45) is -4.59. The van der Waals surface area contributed by atoms with Crippen LogP contribution in [0, 0.1) is 0 Å². The average molecular weight is 419 g/mol. The molecule has 0 saturated heterocycles. The van der Waals surface area contributed by atoms with Crippen molar-refractivity contribution < 1.29 is 25.8 Å². The molecule has 1 heterocycles. The average Bonchev–Trinajstić information content (AvgIpc) is 2.67. The van der Waals surface area contributed by atoms with Crippen LogP contribution in [0.3, 0.4) is 0 Å². The largest absolute Gasteiger partial charge is 0.416 e. The predicted molar refractivity (Wildman–Crippen MR) is 101 cm³/mol. The van der Waals surface area contributed by atoms with E-state index in [9.17, 15) is 26.4 Å². The summed E-state index contributed by atoms with van der Waals surface area (Å²) in [5.41, 5.74) is -1.16. The van der Waals surface area contributed by atoms with E-state index in [4.69, 9.17) is 4.18 Å². The van der Waals surface area contributed by atoms with Crippen LogP contribution in [0.4, 0.5) is 13.2 Å². The number of aromatic nitrogens is 1. The van der Waals surface area contributed by atoms with Crippen LogP contribution in [0.2, 0.25) is 0 Å². The first-order chi connectivity index (χ1) is 13.6. The molecule has 29 heavy (non-hydrogen) atoms. The molecule has 0 spiro atoms. The summed E-state index contributed by atoms with van der Waals surface area (Å²) in [6, 6.07) is 14.4. The molecule has 1 aromatic heterocycles. The molecular weight excluding hydrogens is 407 g/mol. The number of benzene rings is 3. The number of nitrogens with one attached hydrogen (secondary N) is 1. The Morgan fingerprint density at radius 2 is 1.55 bits per heavy atom. The van der Waals surface area contributed by atoms with Crippen LogP contribution in [-0.4, -0.2) is 13.4 Å². The minimum Gasteiger partial charge on any atom is -0.378 e. The van der Waals surface area contributed by atoms with Gasteiger partial charge < -0.3 is 9.17 Å². The Kier molecular flexibility index (Phi) is 4.34. The van der Waals surface area contributed by atoms with Gasteiger partial charge in [-0.05, 0) is 35.7 Å². The maximum Gasteiger partial charge on any atom is 0.416 e. The number of pyridine rings is 1. The lowest BCUT2D eigenvalue weighted by Gasteiger charge is -2.12. The number of hydrogen-bond donors (Lipinski definition) is 1. The third-order valence-corrected chi connectivity index (χ3v) is 5.62. The van der Waals surface area contributed by atoms with Crippen LogP contribution in [-0.2, 0) is 16.3 Å². The van der Waals surface area contributed by atoms with Crippen molar-refractivity contribution in [1.82, 2.24) is 4.98 Å². The molecule has 5 nitrogen and oxygen atoms in total. The highest BCUT2D eigenvalue weighted by Crippen LogP contribution is 2.32. The minimum absolute atomic E-state index is 0.214. The van der Waals surface area contributed by atoms with E-state index >= 15 is 0 Å². The van der Waals surface area contributed by atoms with Gasteiger partial charge in [0.1, 0.15) is 4.90 Å². The third-order valence-electron chi connectivity index (χ3n) is 4.37. The quantitative estimate of drug-likeness (QED) is 0.393. The molecule has 9 heteroatoms. The van der Waals surface area contributed by atoms with E-state index in [0.29, 0.717) is 28.4 Å². The Hall–Kier alpha value is -3.33. The Balaban J connectivity index is 1.81. The second-order valence-corrected chi connectivity index (χ2v) is 7.81. The smallest absolute Gasteiger partial charge is 0.378 e. The Labute approximate surface area is 162 Å². The fourth-order valence-electron chi connectivity index (χ4n) is 3.01. The Morgan fingerprint density at radius 3 is 2.24 bits per heavy atom. The van der Waals surface area contributed by atoms with Gasteiger partial charge in [0, 0.05) is 16.8 Å². The lowest BCUT2D eigenvalue weighted by atomic mass is 10.1. The monoisotopic (exact) mass is 419 g/mol. The second kappa shape index (κ2) is 6.63. The molecule has 0 aliphatic heterocycles. The molecule has 0 unspecified atom stereocenters. The van der Waals surface area contributed by atoms with Crippen LogP contribution in [0.5, 0.6) is 5.75 Å². The van der Waals surface area contributed by atoms with E-state index in [1.165, 1.54) is 0 Å². The van der Waals surface area contributed by atoms with Crippen LogP contribution >= 0.6 is 0 Å². The number of fused-ring (bicyclic) bond motifs is 3. The van der Waals surface area contributed by atoms with Crippen molar-refractivity contribution in [3.05, 3.63) is 82.6 Å². The molecular formula is C20H12F3NO4S. The maximum atomic E-state index is 12.7. The molecule has 1 N–H and O–H groups in total. The summed E-state index contributed by atoms with van der Waals surface area (Å²) in [5, 5.41) is 1.87. The maximum absolute atomic E-state index is 12.7. The van der Waals surface area contributed by atoms with E-state index in [1.54, 1.807) is 24.3 Å². The standard InChI is InChI=1S/C20H12F3NO4S/c21-20(22,23)13-6-8-14(9-7-13)29(26,27)28-17-11-18(25)24-19-15-4-2-1-3-12(15)5-10-16(17)19/h1-11H,(H,24,25). The first-order valence-electron chi connectivity index (χ1n) is 8.32. The molecule has 0 aliphatic rings. The van der Waals surface area contributed by atoms with Gasteiger partial charge in [0.15, 0.2) is 5.75 Å². The van der Waals surface area contributed by atoms with Gasteiger partial charge in [-0.3, -0.25) is 4.79 Å². The van der Waals surface area contributed by atoms with E-state index in [1.807, 2.05) is 12.1 Å². The normalized spacial score (nSPS) is 12.4. The zero-order valence-electron chi connectivity index (χ0n) is 14.5. The molecule has 0 fully saturated rings. The molecule has 0 bridgehead atoms. The van der Waals surface area contributed by atoms with Crippen LogP contribution in [0.25, 0.3) is 21.7 Å². The van der Waals surface area contributed by atoms with Crippen molar-refractivity contribution in [2.75, 3.05) is 0 Å². The van der Waals surface area contributed by atoms with Crippen molar-refractivity contribution in [3.8, 4) is 5.75 Å². The van der Waals surface area contributed by atoms with Gasteiger partial charge in [0.05, 0.1) is 11.1 Å². The van der Waals surface area contributed by atoms with Crippen LogP contribution in [0.1, 0.15) is 5.56 Å². The molecule has 4 aromatic rings. The molecule has 148 valence electrons. The number of halogens is 3. The van der Waals surface area contributed by atoms with Gasteiger partial charge in [0.2, 0.25) is 0 Å². The van der Waals surface area contributed by atoms with Crippen LogP contribution in [0.15, 0.2) is 76.4 Å². The van der Waals surface area contributed by atoms with Gasteiger partial charge >= 0.3 is 16.3 Å². The van der Waals surface area contributed by atoms with E-state index in [2.05, 4.69) is 4.98 Å². The highest BCUT2D eigenvalue weighted by molar-refractivity contribution is 7.87. The van der Waals surface area contributed by atoms with Gasteiger partial charge in [-0.2, -0.15) is 21.6 Å². The van der Waals surface area contributed by atoms with Gasteiger partial charge in [0.25, 0.3) is 5.56 Å². The van der Waals surface area contributed by atoms with E-state index in [0.717, 1.165) is 23.6 Å². The second-order valence-electron chi connectivity index (χ2n) is 6.27. The Morgan fingerprint density at radius 1 is 0.862 bits per heavy atom. The molecule has 0 radical (unpaired) electrons. The highest BCUT2D eigenvalue weighted by atomic mass is 32.2. The molecule has 4 rings (SSSR count). The van der Waals surface area contributed by atoms with Gasteiger partial charge in [-0.1, -0.05) is 30.3 Å². The van der Waals surface area contributed by atoms with Gasteiger partial charge in [-0.25, -0.2) is 0 Å². The summed E-state index contributed by atoms with van der Waals surface area (Å²) in [5.74, 6) is -0.214. The predicted octanol–water partition coefficient (Wildman–Crippen LogP) is 4.47. The van der Waals surface area contributed by atoms with Crippen molar-refractivity contribution in [1.29, 1.82) is 0 Å².